The SMILES string of the molecule is CCC(C)N/N=C1/C=C(C)CCC1. The smallest absolute Gasteiger partial charge is 0.0602 e. The zero-order chi connectivity index (χ0) is 9.68. The summed E-state index contributed by atoms with van der Waals surface area (Å²) in [5, 5.41) is 4.39. The zero-order valence-electron chi connectivity index (χ0n) is 8.93. The highest BCUT2D eigenvalue weighted by Crippen LogP contribution is 2.14. The van der Waals surface area contributed by atoms with Crippen LogP contribution >= 0.6 is 0 Å². The van der Waals surface area contributed by atoms with Gasteiger partial charge >= 0.3 is 0 Å². The molecule has 1 unspecified atom stereocenters. The molecule has 2 nitrogen and oxygen atoms in total. The summed E-state index contributed by atoms with van der Waals surface area (Å²) in [6.45, 7) is 6.50. The minimum absolute atomic E-state index is 0.489. The average Bonchev–Trinajstić information content (AvgIpc) is 2.14. The van der Waals surface area contributed by atoms with Gasteiger partial charge in [0.05, 0.1) is 5.71 Å². The van der Waals surface area contributed by atoms with Gasteiger partial charge in [-0.2, -0.15) is 5.10 Å². The predicted molar refractivity (Wildman–Crippen MR) is 57.9 cm³/mol. The molecule has 1 atom stereocenters. The quantitative estimate of drug-likeness (QED) is 0.663. The second-order valence-corrected chi connectivity index (χ2v) is 3.89. The van der Waals surface area contributed by atoms with Crippen LogP contribution in [0.4, 0.5) is 0 Å². The summed E-state index contributed by atoms with van der Waals surface area (Å²) in [7, 11) is 0. The van der Waals surface area contributed by atoms with Crippen LogP contribution < -0.4 is 5.43 Å². The molecule has 2 heteroatoms. The molecule has 0 amide bonds. The van der Waals surface area contributed by atoms with E-state index in [9.17, 15) is 0 Å². The Morgan fingerprint density at radius 3 is 2.92 bits per heavy atom. The number of hydrogen-bond acceptors (Lipinski definition) is 2. The summed E-state index contributed by atoms with van der Waals surface area (Å²) in [5.41, 5.74) is 5.83. The standard InChI is InChI=1S/C11H20N2/c1-4-10(3)12-13-11-7-5-6-9(2)8-11/h8,10,12H,4-7H2,1-3H3/b13-11+. The molecule has 0 saturated carbocycles. The van der Waals surface area contributed by atoms with Crippen molar-refractivity contribution >= 4 is 5.71 Å². The monoisotopic (exact) mass is 180 g/mol. The predicted octanol–water partition coefficient (Wildman–Crippen LogP) is 2.86. The molecule has 1 rings (SSSR count). The fourth-order valence-corrected chi connectivity index (χ4v) is 1.35. The number of rotatable bonds is 3. The van der Waals surface area contributed by atoms with Crippen LogP contribution in [0.15, 0.2) is 16.8 Å². The van der Waals surface area contributed by atoms with Crippen molar-refractivity contribution < 1.29 is 0 Å². The molecular formula is C11H20N2. The minimum atomic E-state index is 0.489. The molecule has 13 heavy (non-hydrogen) atoms. The molecule has 0 saturated heterocycles. The second kappa shape index (κ2) is 5.05. The van der Waals surface area contributed by atoms with Crippen molar-refractivity contribution in [3.63, 3.8) is 0 Å². The number of allylic oxidation sites excluding steroid dienone is 2. The van der Waals surface area contributed by atoms with Gasteiger partial charge in [0.25, 0.3) is 0 Å². The largest absolute Gasteiger partial charge is 0.307 e. The number of nitrogens with one attached hydrogen (secondary N) is 1. The van der Waals surface area contributed by atoms with E-state index in [1.54, 1.807) is 0 Å². The van der Waals surface area contributed by atoms with Crippen LogP contribution in [0, 0.1) is 0 Å². The van der Waals surface area contributed by atoms with Crippen LogP contribution in [0.25, 0.3) is 0 Å². The fourth-order valence-electron chi connectivity index (χ4n) is 1.35. The molecule has 0 aromatic carbocycles. The van der Waals surface area contributed by atoms with Crippen LogP contribution in [-0.2, 0) is 0 Å². The van der Waals surface area contributed by atoms with Gasteiger partial charge in [0.1, 0.15) is 0 Å². The molecule has 74 valence electrons. The van der Waals surface area contributed by atoms with Crippen LogP contribution in [0.5, 0.6) is 0 Å². The van der Waals surface area contributed by atoms with Gasteiger partial charge in [0.15, 0.2) is 0 Å². The van der Waals surface area contributed by atoms with Gasteiger partial charge < -0.3 is 5.43 Å². The van der Waals surface area contributed by atoms with Crippen molar-refractivity contribution in [2.45, 2.75) is 52.5 Å². The Kier molecular flexibility index (Phi) is 4.00. The van der Waals surface area contributed by atoms with Crippen LogP contribution in [0.1, 0.15) is 46.5 Å². The zero-order valence-corrected chi connectivity index (χ0v) is 8.93. The molecule has 0 aliphatic heterocycles. The molecule has 1 N–H and O–H groups in total. The Labute approximate surface area is 81.1 Å². The van der Waals surface area contributed by atoms with Gasteiger partial charge in [-0.1, -0.05) is 12.5 Å². The molecule has 1 aliphatic rings. The lowest BCUT2D eigenvalue weighted by atomic mass is 10.00. The van der Waals surface area contributed by atoms with Crippen molar-refractivity contribution in [1.29, 1.82) is 0 Å². The topological polar surface area (TPSA) is 24.4 Å². The van der Waals surface area contributed by atoms with E-state index < -0.39 is 0 Å². The van der Waals surface area contributed by atoms with E-state index in [1.165, 1.54) is 24.1 Å². The van der Waals surface area contributed by atoms with E-state index in [1.807, 2.05) is 0 Å². The van der Waals surface area contributed by atoms with E-state index >= 15 is 0 Å². The average molecular weight is 180 g/mol. The molecule has 0 heterocycles. The minimum Gasteiger partial charge on any atom is -0.307 e. The Bertz CT molecular complexity index is 216. The molecular weight excluding hydrogens is 160 g/mol. The van der Waals surface area contributed by atoms with Gasteiger partial charge in [-0.05, 0) is 45.6 Å². The highest BCUT2D eigenvalue weighted by Gasteiger charge is 2.05. The molecule has 0 aromatic heterocycles. The third kappa shape index (κ3) is 3.62. The Hall–Kier alpha value is -0.790. The molecule has 0 aromatic rings. The van der Waals surface area contributed by atoms with Crippen molar-refractivity contribution in [3.05, 3.63) is 11.6 Å². The number of hydrazone groups is 1. The van der Waals surface area contributed by atoms with Gasteiger partial charge in [-0.3, -0.25) is 0 Å². The molecule has 0 fully saturated rings. The van der Waals surface area contributed by atoms with Gasteiger partial charge in [-0.25, -0.2) is 0 Å². The highest BCUT2D eigenvalue weighted by molar-refractivity contribution is 5.96. The Morgan fingerprint density at radius 2 is 2.31 bits per heavy atom. The number of hydrogen-bond donors (Lipinski definition) is 1. The maximum Gasteiger partial charge on any atom is 0.0602 e. The first kappa shape index (κ1) is 10.3. The lowest BCUT2D eigenvalue weighted by Gasteiger charge is -2.13. The molecule has 1 aliphatic carbocycles. The lowest BCUT2D eigenvalue weighted by molar-refractivity contribution is 0.556. The van der Waals surface area contributed by atoms with Gasteiger partial charge in [-0.15, -0.1) is 0 Å². The Balaban J connectivity index is 2.46. The summed E-state index contributed by atoms with van der Waals surface area (Å²) in [6, 6.07) is 0.489. The fraction of sp³-hybridized carbons (Fsp3) is 0.727. The van der Waals surface area contributed by atoms with E-state index in [0.29, 0.717) is 6.04 Å². The lowest BCUT2D eigenvalue weighted by Crippen LogP contribution is -2.21. The summed E-state index contributed by atoms with van der Waals surface area (Å²) in [4.78, 5) is 0. The van der Waals surface area contributed by atoms with Crippen LogP contribution in [0.3, 0.4) is 0 Å². The first-order valence-electron chi connectivity index (χ1n) is 5.21. The van der Waals surface area contributed by atoms with Crippen molar-refractivity contribution in [2.24, 2.45) is 5.10 Å². The van der Waals surface area contributed by atoms with E-state index in [0.717, 1.165) is 12.8 Å². The first-order valence-corrected chi connectivity index (χ1v) is 5.21. The summed E-state index contributed by atoms with van der Waals surface area (Å²) in [6.07, 6.45) is 6.95. The summed E-state index contributed by atoms with van der Waals surface area (Å²) < 4.78 is 0. The van der Waals surface area contributed by atoms with E-state index in [2.05, 4.69) is 37.4 Å². The Morgan fingerprint density at radius 1 is 1.54 bits per heavy atom. The van der Waals surface area contributed by atoms with Crippen LogP contribution in [-0.4, -0.2) is 11.8 Å². The van der Waals surface area contributed by atoms with Gasteiger partial charge in [0, 0.05) is 6.04 Å². The highest BCUT2D eigenvalue weighted by atomic mass is 15.3. The second-order valence-electron chi connectivity index (χ2n) is 3.89. The third-order valence-corrected chi connectivity index (χ3v) is 2.46. The molecule has 0 radical (unpaired) electrons. The van der Waals surface area contributed by atoms with Gasteiger partial charge in [0.2, 0.25) is 0 Å². The van der Waals surface area contributed by atoms with Crippen molar-refractivity contribution in [3.8, 4) is 0 Å². The van der Waals surface area contributed by atoms with E-state index in [-0.39, 0.29) is 0 Å². The number of nitrogens with zero attached hydrogens (tertiary/aromatic N) is 1. The maximum atomic E-state index is 4.39. The molecule has 0 spiro atoms. The molecule has 0 bridgehead atoms. The normalized spacial score (nSPS) is 22.7. The third-order valence-electron chi connectivity index (χ3n) is 2.46. The van der Waals surface area contributed by atoms with Crippen molar-refractivity contribution in [2.75, 3.05) is 0 Å². The first-order chi connectivity index (χ1) is 6.22. The van der Waals surface area contributed by atoms with Crippen molar-refractivity contribution in [1.82, 2.24) is 5.43 Å². The van der Waals surface area contributed by atoms with E-state index in [4.69, 9.17) is 0 Å². The summed E-state index contributed by atoms with van der Waals surface area (Å²) in [5.74, 6) is 0. The van der Waals surface area contributed by atoms with Crippen LogP contribution in [0.2, 0.25) is 0 Å². The summed E-state index contributed by atoms with van der Waals surface area (Å²) >= 11 is 0. The maximum absolute atomic E-state index is 4.39.